The Kier molecular flexibility index (Phi) is 4.15. The molecule has 0 radical (unpaired) electrons. The number of benzene rings is 1. The highest BCUT2D eigenvalue weighted by Gasteiger charge is 2.19. The van der Waals surface area contributed by atoms with Gasteiger partial charge in [-0.25, -0.2) is 0 Å². The number of amides is 1. The average Bonchev–Trinajstić information content (AvgIpc) is 2.53. The van der Waals surface area contributed by atoms with Crippen molar-refractivity contribution >= 4 is 16.7 Å². The molecule has 2 heterocycles. The Bertz CT molecular complexity index is 633. The van der Waals surface area contributed by atoms with E-state index in [1.165, 1.54) is 16.3 Å². The van der Waals surface area contributed by atoms with Crippen LogP contribution >= 0.6 is 0 Å². The van der Waals surface area contributed by atoms with Crippen molar-refractivity contribution in [3.05, 3.63) is 42.2 Å². The Balaban J connectivity index is 1.56. The zero-order valence-electron chi connectivity index (χ0n) is 12.4. The fourth-order valence-corrected chi connectivity index (χ4v) is 2.90. The van der Waals surface area contributed by atoms with E-state index < -0.39 is 0 Å². The van der Waals surface area contributed by atoms with Gasteiger partial charge in [-0.15, -0.1) is 0 Å². The van der Waals surface area contributed by atoms with Crippen LogP contribution in [0, 0.1) is 0 Å². The van der Waals surface area contributed by atoms with Crippen LogP contribution in [-0.4, -0.2) is 34.9 Å². The van der Waals surface area contributed by atoms with Crippen LogP contribution in [0.15, 0.2) is 36.7 Å². The van der Waals surface area contributed by atoms with Crippen LogP contribution in [0.4, 0.5) is 0 Å². The molecule has 3 rings (SSSR count). The third-order valence-corrected chi connectivity index (χ3v) is 4.24. The Hall–Kier alpha value is -1.94. The molecule has 1 fully saturated rings. The van der Waals surface area contributed by atoms with E-state index in [0.29, 0.717) is 6.04 Å². The Labute approximate surface area is 125 Å². The number of hydrogen-bond donors (Lipinski definition) is 1. The summed E-state index contributed by atoms with van der Waals surface area (Å²) in [6.07, 6.45) is 5.80. The minimum atomic E-state index is 0.191. The van der Waals surface area contributed by atoms with Gasteiger partial charge in [0.05, 0.1) is 0 Å². The van der Waals surface area contributed by atoms with Crippen molar-refractivity contribution in [2.45, 2.75) is 32.4 Å². The third kappa shape index (κ3) is 3.39. The number of carbonyl (C=O) groups excluding carboxylic acids is 1. The lowest BCUT2D eigenvalue weighted by Crippen LogP contribution is -2.43. The van der Waals surface area contributed by atoms with Gasteiger partial charge in [0.15, 0.2) is 0 Å². The van der Waals surface area contributed by atoms with Gasteiger partial charge in [0.1, 0.15) is 0 Å². The van der Waals surface area contributed by atoms with E-state index in [0.717, 1.165) is 32.5 Å². The fraction of sp³-hybridized carbons (Fsp3) is 0.412. The van der Waals surface area contributed by atoms with Crippen LogP contribution in [0.2, 0.25) is 0 Å². The number of aromatic nitrogens is 1. The van der Waals surface area contributed by atoms with Crippen LogP contribution in [0.25, 0.3) is 10.8 Å². The summed E-state index contributed by atoms with van der Waals surface area (Å²) in [6, 6.07) is 9.05. The number of hydrogen-bond acceptors (Lipinski definition) is 3. The molecule has 1 N–H and O–H groups in total. The van der Waals surface area contributed by atoms with E-state index in [4.69, 9.17) is 0 Å². The van der Waals surface area contributed by atoms with Crippen LogP contribution in [0.1, 0.15) is 25.3 Å². The zero-order valence-corrected chi connectivity index (χ0v) is 12.4. The summed E-state index contributed by atoms with van der Waals surface area (Å²) in [5.41, 5.74) is 1.29. The molecule has 1 aliphatic heterocycles. The summed E-state index contributed by atoms with van der Waals surface area (Å²) in [5.74, 6) is 0.191. The number of piperidine rings is 1. The third-order valence-electron chi connectivity index (χ3n) is 4.24. The molecule has 0 spiro atoms. The van der Waals surface area contributed by atoms with Gasteiger partial charge in [0.2, 0.25) is 5.91 Å². The van der Waals surface area contributed by atoms with Crippen molar-refractivity contribution in [1.29, 1.82) is 0 Å². The summed E-state index contributed by atoms with van der Waals surface area (Å²) >= 11 is 0. The molecule has 0 saturated carbocycles. The van der Waals surface area contributed by atoms with E-state index >= 15 is 0 Å². The molecule has 1 aromatic heterocycles. The number of fused-ring (bicyclic) bond motifs is 1. The van der Waals surface area contributed by atoms with Gasteiger partial charge in [-0.2, -0.15) is 0 Å². The second kappa shape index (κ2) is 6.22. The average molecular weight is 283 g/mol. The van der Waals surface area contributed by atoms with E-state index in [2.05, 4.69) is 28.5 Å². The first kappa shape index (κ1) is 14.0. The largest absolute Gasteiger partial charge is 0.343 e. The highest BCUT2D eigenvalue weighted by molar-refractivity contribution is 5.81. The first-order valence-electron chi connectivity index (χ1n) is 7.54. The molecule has 0 unspecified atom stereocenters. The van der Waals surface area contributed by atoms with Crippen molar-refractivity contribution in [2.75, 3.05) is 13.1 Å². The molecule has 0 aliphatic carbocycles. The lowest BCUT2D eigenvalue weighted by Gasteiger charge is -2.31. The van der Waals surface area contributed by atoms with Gasteiger partial charge in [-0.1, -0.05) is 12.1 Å². The number of carbonyl (C=O) groups is 1. The van der Waals surface area contributed by atoms with Crippen molar-refractivity contribution in [3.63, 3.8) is 0 Å². The van der Waals surface area contributed by atoms with Crippen LogP contribution in [-0.2, 0) is 11.3 Å². The molecule has 1 aromatic carbocycles. The Morgan fingerprint density at radius 1 is 1.29 bits per heavy atom. The van der Waals surface area contributed by atoms with Crippen LogP contribution < -0.4 is 5.32 Å². The lowest BCUT2D eigenvalue weighted by molar-refractivity contribution is -0.129. The smallest absolute Gasteiger partial charge is 0.219 e. The second-order valence-electron chi connectivity index (χ2n) is 5.72. The summed E-state index contributed by atoms with van der Waals surface area (Å²) in [5, 5.41) is 6.02. The number of nitrogens with zero attached hydrogens (tertiary/aromatic N) is 2. The fourth-order valence-electron chi connectivity index (χ4n) is 2.90. The van der Waals surface area contributed by atoms with E-state index in [1.807, 2.05) is 23.4 Å². The van der Waals surface area contributed by atoms with Gasteiger partial charge in [0, 0.05) is 50.4 Å². The van der Waals surface area contributed by atoms with Crippen molar-refractivity contribution in [1.82, 2.24) is 15.2 Å². The summed E-state index contributed by atoms with van der Waals surface area (Å²) in [4.78, 5) is 17.4. The number of pyridine rings is 1. The summed E-state index contributed by atoms with van der Waals surface area (Å²) in [7, 11) is 0. The number of likely N-dealkylation sites (tertiary alicyclic amines) is 1. The molecule has 4 nitrogen and oxygen atoms in total. The monoisotopic (exact) mass is 283 g/mol. The quantitative estimate of drug-likeness (QED) is 0.940. The van der Waals surface area contributed by atoms with E-state index in [-0.39, 0.29) is 5.91 Å². The summed E-state index contributed by atoms with van der Waals surface area (Å²) in [6.45, 7) is 4.27. The predicted molar refractivity (Wildman–Crippen MR) is 83.9 cm³/mol. The maximum atomic E-state index is 11.3. The second-order valence-corrected chi connectivity index (χ2v) is 5.72. The molecule has 1 aliphatic rings. The molecule has 0 bridgehead atoms. The SMILES string of the molecule is CC(=O)N1CCC(NCc2ccc3cnccc3c2)CC1. The molecule has 110 valence electrons. The zero-order chi connectivity index (χ0) is 14.7. The summed E-state index contributed by atoms with van der Waals surface area (Å²) < 4.78 is 0. The van der Waals surface area contributed by atoms with Gasteiger partial charge in [0.25, 0.3) is 0 Å². The minimum absolute atomic E-state index is 0.191. The molecule has 1 saturated heterocycles. The predicted octanol–water partition coefficient (Wildman–Crippen LogP) is 2.34. The molecule has 21 heavy (non-hydrogen) atoms. The molecule has 4 heteroatoms. The Morgan fingerprint density at radius 3 is 2.86 bits per heavy atom. The van der Waals surface area contributed by atoms with E-state index in [9.17, 15) is 4.79 Å². The maximum absolute atomic E-state index is 11.3. The van der Waals surface area contributed by atoms with E-state index in [1.54, 1.807) is 6.92 Å². The van der Waals surface area contributed by atoms with Gasteiger partial charge < -0.3 is 10.2 Å². The topological polar surface area (TPSA) is 45.2 Å². The van der Waals surface area contributed by atoms with Crippen molar-refractivity contribution in [2.24, 2.45) is 0 Å². The van der Waals surface area contributed by atoms with Crippen molar-refractivity contribution in [3.8, 4) is 0 Å². The molecule has 2 aromatic rings. The number of nitrogens with one attached hydrogen (secondary N) is 1. The molecular formula is C17H21N3O. The van der Waals surface area contributed by atoms with Crippen LogP contribution in [0.5, 0.6) is 0 Å². The lowest BCUT2D eigenvalue weighted by atomic mass is 10.0. The van der Waals surface area contributed by atoms with Gasteiger partial charge >= 0.3 is 0 Å². The highest BCUT2D eigenvalue weighted by Crippen LogP contribution is 2.16. The first-order valence-corrected chi connectivity index (χ1v) is 7.54. The van der Waals surface area contributed by atoms with Crippen LogP contribution in [0.3, 0.4) is 0 Å². The normalized spacial score (nSPS) is 16.3. The first-order chi connectivity index (χ1) is 10.2. The number of rotatable bonds is 3. The van der Waals surface area contributed by atoms with Gasteiger partial charge in [-0.05, 0) is 35.9 Å². The molecule has 0 atom stereocenters. The maximum Gasteiger partial charge on any atom is 0.219 e. The standard InChI is InChI=1S/C17H21N3O/c1-13(21)20-8-5-17(6-9-20)19-11-14-2-3-16-12-18-7-4-15(16)10-14/h2-4,7,10,12,17,19H,5-6,8-9,11H2,1H3. The Morgan fingerprint density at radius 2 is 2.10 bits per heavy atom. The van der Waals surface area contributed by atoms with Crippen molar-refractivity contribution < 1.29 is 4.79 Å². The molecule has 1 amide bonds. The minimum Gasteiger partial charge on any atom is -0.343 e. The van der Waals surface area contributed by atoms with Gasteiger partial charge in [-0.3, -0.25) is 9.78 Å². The highest BCUT2D eigenvalue weighted by atomic mass is 16.2. The molecular weight excluding hydrogens is 262 g/mol.